The summed E-state index contributed by atoms with van der Waals surface area (Å²) in [7, 11) is 0. The van der Waals surface area contributed by atoms with Crippen LogP contribution in [-0.2, 0) is 0 Å². The standard InChI is InChI=1S/C13H16N2O2/c16-13(17)11-2-1-7-14-12(11)15(10-5-6-10)8-9-3-4-9/h1-2,7,9-10H,3-6,8H2,(H,16,17). The molecule has 1 N–H and O–H groups in total. The zero-order valence-electron chi connectivity index (χ0n) is 9.67. The largest absolute Gasteiger partial charge is 0.478 e. The molecule has 17 heavy (non-hydrogen) atoms. The molecule has 0 atom stereocenters. The highest BCUT2D eigenvalue weighted by molar-refractivity contribution is 5.93. The topological polar surface area (TPSA) is 53.4 Å². The number of carboxylic acids is 1. The Morgan fingerprint density at radius 3 is 2.76 bits per heavy atom. The van der Waals surface area contributed by atoms with Crippen LogP contribution in [-0.4, -0.2) is 28.6 Å². The molecule has 0 saturated heterocycles. The molecule has 2 saturated carbocycles. The predicted octanol–water partition coefficient (Wildman–Crippen LogP) is 2.16. The number of hydrogen-bond acceptors (Lipinski definition) is 3. The lowest BCUT2D eigenvalue weighted by Crippen LogP contribution is -2.30. The zero-order valence-corrected chi connectivity index (χ0v) is 9.67. The summed E-state index contributed by atoms with van der Waals surface area (Å²) in [6.45, 7) is 0.974. The maximum Gasteiger partial charge on any atom is 0.339 e. The van der Waals surface area contributed by atoms with Gasteiger partial charge in [0.05, 0.1) is 0 Å². The Balaban J connectivity index is 1.90. The third-order valence-corrected chi connectivity index (χ3v) is 3.43. The van der Waals surface area contributed by atoms with E-state index in [-0.39, 0.29) is 0 Å². The van der Waals surface area contributed by atoms with E-state index < -0.39 is 5.97 Å². The highest BCUT2D eigenvalue weighted by Crippen LogP contribution is 2.37. The molecule has 3 rings (SSSR count). The Hall–Kier alpha value is -1.58. The van der Waals surface area contributed by atoms with Gasteiger partial charge in [-0.25, -0.2) is 9.78 Å². The van der Waals surface area contributed by atoms with Crippen molar-refractivity contribution in [3.05, 3.63) is 23.9 Å². The first-order valence-electron chi connectivity index (χ1n) is 6.20. The van der Waals surface area contributed by atoms with Gasteiger partial charge in [-0.2, -0.15) is 0 Å². The second-order valence-corrected chi connectivity index (χ2v) is 5.01. The van der Waals surface area contributed by atoms with Gasteiger partial charge < -0.3 is 10.0 Å². The Labute approximate surface area is 100 Å². The number of aromatic nitrogens is 1. The van der Waals surface area contributed by atoms with Gasteiger partial charge in [0, 0.05) is 18.8 Å². The molecule has 2 aliphatic carbocycles. The number of carbonyl (C=O) groups is 1. The minimum absolute atomic E-state index is 0.333. The molecule has 0 radical (unpaired) electrons. The van der Waals surface area contributed by atoms with Gasteiger partial charge in [-0.05, 0) is 43.7 Å². The Kier molecular flexibility index (Phi) is 2.50. The fraction of sp³-hybridized carbons (Fsp3) is 0.538. The molecule has 0 aromatic carbocycles. The molecule has 1 aromatic heterocycles. The van der Waals surface area contributed by atoms with Crippen LogP contribution >= 0.6 is 0 Å². The summed E-state index contributed by atoms with van der Waals surface area (Å²) in [6, 6.07) is 3.85. The fourth-order valence-corrected chi connectivity index (χ4v) is 2.17. The van der Waals surface area contributed by atoms with Gasteiger partial charge in [-0.15, -0.1) is 0 Å². The van der Waals surface area contributed by atoms with E-state index >= 15 is 0 Å². The van der Waals surface area contributed by atoms with Gasteiger partial charge >= 0.3 is 5.97 Å². The average molecular weight is 232 g/mol. The van der Waals surface area contributed by atoms with Crippen LogP contribution in [0.3, 0.4) is 0 Å². The lowest BCUT2D eigenvalue weighted by atomic mass is 10.2. The summed E-state index contributed by atoms with van der Waals surface area (Å²) in [5, 5.41) is 9.20. The number of carboxylic acid groups (broad SMARTS) is 1. The summed E-state index contributed by atoms with van der Waals surface area (Å²) in [6.07, 6.45) is 6.58. The molecule has 1 aromatic rings. The molecule has 1 heterocycles. The quantitative estimate of drug-likeness (QED) is 0.845. The Morgan fingerprint density at radius 1 is 1.41 bits per heavy atom. The third-order valence-electron chi connectivity index (χ3n) is 3.43. The van der Waals surface area contributed by atoms with Gasteiger partial charge in [0.2, 0.25) is 0 Å². The highest BCUT2D eigenvalue weighted by Gasteiger charge is 2.36. The lowest BCUT2D eigenvalue weighted by Gasteiger charge is -2.24. The van der Waals surface area contributed by atoms with Gasteiger partial charge in [-0.1, -0.05) is 0 Å². The normalized spacial score (nSPS) is 19.1. The van der Waals surface area contributed by atoms with E-state index in [2.05, 4.69) is 9.88 Å². The van der Waals surface area contributed by atoms with E-state index in [1.54, 1.807) is 18.3 Å². The van der Waals surface area contributed by atoms with Crippen molar-refractivity contribution in [1.82, 2.24) is 4.98 Å². The summed E-state index contributed by atoms with van der Waals surface area (Å²) >= 11 is 0. The molecule has 90 valence electrons. The first-order valence-corrected chi connectivity index (χ1v) is 6.20. The second kappa shape index (κ2) is 4.02. The first-order chi connectivity index (χ1) is 8.25. The molecule has 2 aliphatic rings. The van der Waals surface area contributed by atoms with E-state index in [0.29, 0.717) is 17.4 Å². The molecule has 0 unspecified atom stereocenters. The van der Waals surface area contributed by atoms with E-state index in [4.69, 9.17) is 0 Å². The van der Waals surface area contributed by atoms with Crippen molar-refractivity contribution in [2.45, 2.75) is 31.7 Å². The van der Waals surface area contributed by atoms with Crippen LogP contribution in [0, 0.1) is 5.92 Å². The third kappa shape index (κ3) is 2.25. The number of rotatable bonds is 5. The van der Waals surface area contributed by atoms with Gasteiger partial charge in [0.1, 0.15) is 11.4 Å². The summed E-state index contributed by atoms with van der Waals surface area (Å²) in [5.74, 6) is 0.531. The second-order valence-electron chi connectivity index (χ2n) is 5.01. The van der Waals surface area contributed by atoms with Crippen molar-refractivity contribution in [3.63, 3.8) is 0 Å². The van der Waals surface area contributed by atoms with Gasteiger partial charge in [-0.3, -0.25) is 0 Å². The predicted molar refractivity (Wildman–Crippen MR) is 64.3 cm³/mol. The minimum atomic E-state index is -0.880. The van der Waals surface area contributed by atoms with Crippen molar-refractivity contribution in [2.24, 2.45) is 5.92 Å². The van der Waals surface area contributed by atoms with Crippen molar-refractivity contribution in [3.8, 4) is 0 Å². The molecular formula is C13H16N2O2. The fourth-order valence-electron chi connectivity index (χ4n) is 2.17. The molecule has 2 fully saturated rings. The maximum absolute atomic E-state index is 11.2. The number of aromatic carboxylic acids is 1. The molecule has 0 bridgehead atoms. The Bertz CT molecular complexity index is 439. The van der Waals surface area contributed by atoms with Crippen LogP contribution < -0.4 is 4.90 Å². The number of nitrogens with zero attached hydrogens (tertiary/aromatic N) is 2. The van der Waals surface area contributed by atoms with Crippen molar-refractivity contribution < 1.29 is 9.90 Å². The van der Waals surface area contributed by atoms with Gasteiger partial charge in [0.15, 0.2) is 0 Å². The van der Waals surface area contributed by atoms with Crippen LogP contribution in [0.4, 0.5) is 5.82 Å². The average Bonchev–Trinajstić information content (AvgIpc) is 3.17. The maximum atomic E-state index is 11.2. The van der Waals surface area contributed by atoms with Gasteiger partial charge in [0.25, 0.3) is 0 Å². The first kappa shape index (κ1) is 10.6. The molecule has 4 heteroatoms. The number of hydrogen-bond donors (Lipinski definition) is 1. The SMILES string of the molecule is O=C(O)c1cccnc1N(CC1CC1)C1CC1. The van der Waals surface area contributed by atoms with Crippen LogP contribution in [0.25, 0.3) is 0 Å². The summed E-state index contributed by atoms with van der Waals surface area (Å²) < 4.78 is 0. The zero-order chi connectivity index (χ0) is 11.8. The molecule has 4 nitrogen and oxygen atoms in total. The van der Waals surface area contributed by atoms with Crippen molar-refractivity contribution >= 4 is 11.8 Å². The molecule has 0 amide bonds. The summed E-state index contributed by atoms with van der Waals surface area (Å²) in [5.41, 5.74) is 0.333. The van der Waals surface area contributed by atoms with Crippen LogP contribution in [0.1, 0.15) is 36.0 Å². The minimum Gasteiger partial charge on any atom is -0.478 e. The van der Waals surface area contributed by atoms with Crippen LogP contribution in [0.15, 0.2) is 18.3 Å². The highest BCUT2D eigenvalue weighted by atomic mass is 16.4. The van der Waals surface area contributed by atoms with E-state index in [0.717, 1.165) is 12.5 Å². The van der Waals surface area contributed by atoms with E-state index in [1.165, 1.54) is 25.7 Å². The van der Waals surface area contributed by atoms with Crippen LogP contribution in [0.5, 0.6) is 0 Å². The monoisotopic (exact) mass is 232 g/mol. The van der Waals surface area contributed by atoms with E-state index in [9.17, 15) is 9.90 Å². The van der Waals surface area contributed by atoms with Crippen LogP contribution in [0.2, 0.25) is 0 Å². The van der Waals surface area contributed by atoms with Crippen molar-refractivity contribution in [1.29, 1.82) is 0 Å². The number of pyridine rings is 1. The number of anilines is 1. The Morgan fingerprint density at radius 2 is 2.18 bits per heavy atom. The lowest BCUT2D eigenvalue weighted by molar-refractivity contribution is 0.0697. The van der Waals surface area contributed by atoms with Crippen molar-refractivity contribution in [2.75, 3.05) is 11.4 Å². The molecular weight excluding hydrogens is 216 g/mol. The molecule has 0 aliphatic heterocycles. The summed E-state index contributed by atoms with van der Waals surface area (Å²) in [4.78, 5) is 17.7. The smallest absolute Gasteiger partial charge is 0.339 e. The molecule has 0 spiro atoms. The van der Waals surface area contributed by atoms with E-state index in [1.807, 2.05) is 0 Å².